The number of nitrogens with zero attached hydrogens (tertiary/aromatic N) is 1. The number of nitrogens with two attached hydrogens (primary N) is 1. The first kappa shape index (κ1) is 10.6. The summed E-state index contributed by atoms with van der Waals surface area (Å²) < 4.78 is 0. The summed E-state index contributed by atoms with van der Waals surface area (Å²) in [6.45, 7) is 3.67. The van der Waals surface area contributed by atoms with E-state index in [9.17, 15) is 0 Å². The predicted octanol–water partition coefficient (Wildman–Crippen LogP) is 2.84. The van der Waals surface area contributed by atoms with E-state index in [-0.39, 0.29) is 0 Å². The Bertz CT molecular complexity index is 512. The molecule has 2 aliphatic rings. The van der Waals surface area contributed by atoms with Crippen molar-refractivity contribution in [2.75, 3.05) is 0 Å². The van der Waals surface area contributed by atoms with E-state index in [2.05, 4.69) is 17.6 Å². The molecule has 0 atom stereocenters. The lowest BCUT2D eigenvalue weighted by Gasteiger charge is -2.11. The summed E-state index contributed by atoms with van der Waals surface area (Å²) in [6.07, 6.45) is 9.04. The zero-order valence-corrected chi connectivity index (χ0v) is 10.1. The second kappa shape index (κ2) is 4.02. The van der Waals surface area contributed by atoms with Crippen LogP contribution in [0.4, 0.5) is 5.69 Å². The van der Waals surface area contributed by atoms with Gasteiger partial charge in [-0.2, -0.15) is 0 Å². The van der Waals surface area contributed by atoms with Crippen molar-refractivity contribution in [2.24, 2.45) is 10.7 Å². The quantitative estimate of drug-likeness (QED) is 0.611. The van der Waals surface area contributed by atoms with Crippen molar-refractivity contribution in [3.05, 3.63) is 41.0 Å². The van der Waals surface area contributed by atoms with Crippen LogP contribution in [0.15, 0.2) is 23.7 Å². The van der Waals surface area contributed by atoms with Gasteiger partial charge < -0.3 is 5.73 Å². The van der Waals surface area contributed by atoms with Crippen molar-refractivity contribution in [1.29, 1.82) is 0 Å². The van der Waals surface area contributed by atoms with Crippen LogP contribution in [0.1, 0.15) is 35.1 Å². The van der Waals surface area contributed by atoms with Crippen molar-refractivity contribution in [1.82, 2.24) is 0 Å². The maximum Gasteiger partial charge on any atom is 0.123 e. The molecule has 0 unspecified atom stereocenters. The van der Waals surface area contributed by atoms with E-state index in [0.717, 1.165) is 12.1 Å². The summed E-state index contributed by atoms with van der Waals surface area (Å²) in [6, 6.07) is 2.25. The molecule has 0 aliphatic heterocycles. The van der Waals surface area contributed by atoms with Crippen LogP contribution < -0.4 is 5.73 Å². The third-order valence-electron chi connectivity index (χ3n) is 3.92. The third-order valence-corrected chi connectivity index (χ3v) is 3.92. The smallest absolute Gasteiger partial charge is 0.123 e. The van der Waals surface area contributed by atoms with Crippen molar-refractivity contribution >= 4 is 11.5 Å². The van der Waals surface area contributed by atoms with Crippen LogP contribution in [0.25, 0.3) is 0 Å². The second-order valence-electron chi connectivity index (χ2n) is 4.94. The zero-order valence-electron chi connectivity index (χ0n) is 10.1. The van der Waals surface area contributed by atoms with E-state index in [1.54, 1.807) is 17.2 Å². The third kappa shape index (κ3) is 1.68. The molecule has 0 fully saturated rings. The minimum Gasteiger partial charge on any atom is -0.384 e. The molecule has 0 heterocycles. The van der Waals surface area contributed by atoms with Gasteiger partial charge in [0.2, 0.25) is 0 Å². The molecular formula is C15H18N2. The second-order valence-corrected chi connectivity index (χ2v) is 4.94. The number of fused-ring (bicyclic) bond motifs is 3. The number of rotatable bonds is 2. The van der Waals surface area contributed by atoms with E-state index in [1.807, 2.05) is 0 Å². The molecule has 0 bridgehead atoms. The van der Waals surface area contributed by atoms with Crippen molar-refractivity contribution < 1.29 is 0 Å². The molecule has 0 radical (unpaired) electrons. The largest absolute Gasteiger partial charge is 0.384 e. The molecule has 3 rings (SSSR count). The standard InChI is InChI=1S/C15H18N2/c1-2-15(16)17-14-9-10-5-3-6-11(10)12-7-4-8-13(12)14/h2,9H,1,3-8H2,(H2,16,17). The first-order valence-corrected chi connectivity index (χ1v) is 6.42. The summed E-state index contributed by atoms with van der Waals surface area (Å²) >= 11 is 0. The lowest BCUT2D eigenvalue weighted by atomic mass is 9.98. The Balaban J connectivity index is 2.17. The van der Waals surface area contributed by atoms with Crippen molar-refractivity contribution in [3.8, 4) is 0 Å². The summed E-state index contributed by atoms with van der Waals surface area (Å²) in [4.78, 5) is 4.50. The van der Waals surface area contributed by atoms with Crippen LogP contribution in [0, 0.1) is 0 Å². The van der Waals surface area contributed by atoms with E-state index < -0.39 is 0 Å². The van der Waals surface area contributed by atoms with Gasteiger partial charge in [-0.25, -0.2) is 4.99 Å². The topological polar surface area (TPSA) is 38.4 Å². The Hall–Kier alpha value is -1.57. The summed E-state index contributed by atoms with van der Waals surface area (Å²) in [5, 5.41) is 0. The molecule has 0 saturated heterocycles. The van der Waals surface area contributed by atoms with Crippen LogP contribution >= 0.6 is 0 Å². The highest BCUT2D eigenvalue weighted by Crippen LogP contribution is 2.39. The monoisotopic (exact) mass is 226 g/mol. The Morgan fingerprint density at radius 1 is 1.12 bits per heavy atom. The van der Waals surface area contributed by atoms with E-state index in [1.165, 1.54) is 43.2 Å². The summed E-state index contributed by atoms with van der Waals surface area (Å²) in [5.41, 5.74) is 13.0. The number of aliphatic imine (C=N–C) groups is 1. The molecule has 2 aliphatic carbocycles. The number of benzene rings is 1. The molecule has 88 valence electrons. The van der Waals surface area contributed by atoms with Gasteiger partial charge in [-0.3, -0.25) is 0 Å². The molecule has 17 heavy (non-hydrogen) atoms. The number of amidine groups is 1. The molecule has 2 heteroatoms. The molecule has 0 saturated carbocycles. The molecule has 0 aromatic heterocycles. The van der Waals surface area contributed by atoms with Crippen LogP contribution in [-0.4, -0.2) is 5.84 Å². The number of aryl methyl sites for hydroxylation is 1. The Morgan fingerprint density at radius 3 is 2.65 bits per heavy atom. The maximum absolute atomic E-state index is 5.78. The molecule has 1 aromatic rings. The lowest BCUT2D eigenvalue weighted by Crippen LogP contribution is -2.06. The van der Waals surface area contributed by atoms with E-state index in [4.69, 9.17) is 5.73 Å². The molecule has 2 nitrogen and oxygen atoms in total. The van der Waals surface area contributed by atoms with E-state index >= 15 is 0 Å². The van der Waals surface area contributed by atoms with Crippen molar-refractivity contribution in [3.63, 3.8) is 0 Å². The normalized spacial score (nSPS) is 18.0. The Labute approximate surface area is 102 Å². The molecule has 0 spiro atoms. The highest BCUT2D eigenvalue weighted by Gasteiger charge is 2.24. The average Bonchev–Trinajstić information content (AvgIpc) is 2.95. The van der Waals surface area contributed by atoms with Gasteiger partial charge in [0.15, 0.2) is 0 Å². The lowest BCUT2D eigenvalue weighted by molar-refractivity contribution is 0.888. The molecule has 1 aromatic carbocycles. The average molecular weight is 226 g/mol. The van der Waals surface area contributed by atoms with Gasteiger partial charge in [0, 0.05) is 0 Å². The van der Waals surface area contributed by atoms with Crippen LogP contribution in [-0.2, 0) is 25.7 Å². The zero-order chi connectivity index (χ0) is 11.8. The van der Waals surface area contributed by atoms with Crippen molar-refractivity contribution in [2.45, 2.75) is 38.5 Å². The fourth-order valence-corrected chi connectivity index (χ4v) is 3.17. The minimum atomic E-state index is 0.525. The first-order chi connectivity index (χ1) is 8.29. The maximum atomic E-state index is 5.78. The Morgan fingerprint density at radius 2 is 1.82 bits per heavy atom. The minimum absolute atomic E-state index is 0.525. The number of hydrogen-bond acceptors (Lipinski definition) is 1. The van der Waals surface area contributed by atoms with Gasteiger partial charge in [-0.05, 0) is 72.9 Å². The molecule has 0 amide bonds. The van der Waals surface area contributed by atoms with Crippen LogP contribution in [0.3, 0.4) is 0 Å². The molecular weight excluding hydrogens is 208 g/mol. The fourth-order valence-electron chi connectivity index (χ4n) is 3.17. The van der Waals surface area contributed by atoms with Gasteiger partial charge in [0.1, 0.15) is 5.84 Å². The highest BCUT2D eigenvalue weighted by molar-refractivity contribution is 5.93. The van der Waals surface area contributed by atoms with Gasteiger partial charge in [-0.15, -0.1) is 0 Å². The summed E-state index contributed by atoms with van der Waals surface area (Å²) in [5.74, 6) is 0.525. The van der Waals surface area contributed by atoms with Gasteiger partial charge >= 0.3 is 0 Å². The van der Waals surface area contributed by atoms with Gasteiger partial charge in [0.25, 0.3) is 0 Å². The molecule has 2 N–H and O–H groups in total. The van der Waals surface area contributed by atoms with Gasteiger partial charge in [-0.1, -0.05) is 6.58 Å². The first-order valence-electron chi connectivity index (χ1n) is 6.42. The van der Waals surface area contributed by atoms with E-state index in [0.29, 0.717) is 5.84 Å². The van der Waals surface area contributed by atoms with Crippen LogP contribution in [0.2, 0.25) is 0 Å². The summed E-state index contributed by atoms with van der Waals surface area (Å²) in [7, 11) is 0. The SMILES string of the molecule is C=C/C(N)=N/c1cc2c(c3c1CCC3)CCC2. The van der Waals surface area contributed by atoms with Crippen LogP contribution in [0.5, 0.6) is 0 Å². The van der Waals surface area contributed by atoms with Gasteiger partial charge in [0.05, 0.1) is 5.69 Å². The fraction of sp³-hybridized carbons (Fsp3) is 0.400. The number of hydrogen-bond donors (Lipinski definition) is 1. The highest BCUT2D eigenvalue weighted by atomic mass is 14.9. The predicted molar refractivity (Wildman–Crippen MR) is 72.0 cm³/mol. The Kier molecular flexibility index (Phi) is 2.50.